The van der Waals surface area contributed by atoms with Crippen molar-refractivity contribution >= 4 is 46.5 Å². The number of carbonyl (C=O) groups is 1. The largest absolute Gasteiger partial charge is 0.453 e. The number of hydrogen-bond donors (Lipinski definition) is 5. The third-order valence-electron chi connectivity index (χ3n) is 6.38. The van der Waals surface area contributed by atoms with Crippen LogP contribution >= 0.6 is 11.6 Å². The monoisotopic (exact) mass is 567 g/mol. The second kappa shape index (κ2) is 11.8. The van der Waals surface area contributed by atoms with Gasteiger partial charge in [-0.05, 0) is 32.4 Å². The zero-order valence-electron chi connectivity index (χ0n) is 22.5. The Morgan fingerprint density at radius 1 is 1.30 bits per heavy atom. The molecule has 1 aliphatic heterocycles. The highest BCUT2D eigenvalue weighted by Gasteiger charge is 2.33. The first kappa shape index (κ1) is 28.6. The molecule has 15 heteroatoms. The number of aliphatic hydroxyl groups is 1. The van der Waals surface area contributed by atoms with Gasteiger partial charge >= 0.3 is 6.09 Å². The van der Waals surface area contributed by atoms with Crippen LogP contribution in [0.3, 0.4) is 0 Å². The van der Waals surface area contributed by atoms with E-state index in [0.717, 1.165) is 0 Å². The fourth-order valence-corrected chi connectivity index (χ4v) is 4.71. The minimum atomic E-state index is -0.971. The molecule has 0 radical (unpaired) electrons. The zero-order chi connectivity index (χ0) is 29.0. The summed E-state index contributed by atoms with van der Waals surface area (Å²) in [4.78, 5) is 22.6. The third-order valence-corrected chi connectivity index (χ3v) is 6.78. The Morgan fingerprint density at radius 2 is 2.08 bits per heavy atom. The summed E-state index contributed by atoms with van der Waals surface area (Å²) < 4.78 is 6.15. The molecule has 3 heterocycles. The van der Waals surface area contributed by atoms with Crippen LogP contribution in [0.5, 0.6) is 0 Å². The molecule has 2 atom stereocenters. The lowest BCUT2D eigenvalue weighted by Gasteiger charge is -2.41. The fourth-order valence-electron chi connectivity index (χ4n) is 4.44. The van der Waals surface area contributed by atoms with Crippen molar-refractivity contribution in [3.8, 4) is 12.1 Å². The van der Waals surface area contributed by atoms with Gasteiger partial charge < -0.3 is 36.0 Å². The number of carbonyl (C=O) groups excluding carboxylic acids is 1. The van der Waals surface area contributed by atoms with E-state index < -0.39 is 11.7 Å². The van der Waals surface area contributed by atoms with Crippen molar-refractivity contribution in [1.82, 2.24) is 30.2 Å². The highest BCUT2D eigenvalue weighted by Crippen LogP contribution is 2.37. The third kappa shape index (κ3) is 6.26. The number of amides is 1. The van der Waals surface area contributed by atoms with Crippen LogP contribution in [0.1, 0.15) is 31.5 Å². The fraction of sp³-hybridized carbons (Fsp3) is 0.440. The van der Waals surface area contributed by atoms with Crippen LogP contribution in [-0.2, 0) is 4.74 Å². The van der Waals surface area contributed by atoms with Crippen LogP contribution in [0.15, 0.2) is 18.3 Å². The van der Waals surface area contributed by atoms with Crippen molar-refractivity contribution < 1.29 is 14.6 Å². The molecule has 5 N–H and O–H groups in total. The van der Waals surface area contributed by atoms with Crippen molar-refractivity contribution in [1.29, 1.82) is 10.5 Å². The van der Waals surface area contributed by atoms with Gasteiger partial charge in [0.05, 0.1) is 53.0 Å². The molecule has 4 rings (SSSR count). The van der Waals surface area contributed by atoms with Gasteiger partial charge in [0.15, 0.2) is 17.2 Å². The maximum absolute atomic E-state index is 12.0. The summed E-state index contributed by atoms with van der Waals surface area (Å²) in [6.07, 6.45) is 1.41. The average molecular weight is 568 g/mol. The molecule has 0 bridgehead atoms. The number of aromatic nitrogens is 4. The minimum Gasteiger partial charge on any atom is -0.453 e. The van der Waals surface area contributed by atoms with Crippen molar-refractivity contribution in [2.24, 2.45) is 0 Å². The van der Waals surface area contributed by atoms with Crippen molar-refractivity contribution in [2.75, 3.05) is 49.3 Å². The molecule has 1 aromatic carbocycles. The molecular formula is C25H30ClN11O3. The number of benzene rings is 1. The lowest BCUT2D eigenvalue weighted by atomic mass is 9.97. The Balaban J connectivity index is 1.66. The van der Waals surface area contributed by atoms with Crippen LogP contribution in [-0.4, -0.2) is 82.3 Å². The predicted octanol–water partition coefficient (Wildman–Crippen LogP) is 1.97. The molecule has 0 aliphatic carbocycles. The first-order valence-corrected chi connectivity index (χ1v) is 12.8. The van der Waals surface area contributed by atoms with E-state index in [0.29, 0.717) is 52.9 Å². The Hall–Kier alpha value is -4.37. The number of piperidine rings is 1. The number of halogens is 1. The minimum absolute atomic E-state index is 0.139. The van der Waals surface area contributed by atoms with Gasteiger partial charge in [-0.1, -0.05) is 11.6 Å². The predicted molar refractivity (Wildman–Crippen MR) is 149 cm³/mol. The molecule has 1 amide bonds. The smallest absolute Gasteiger partial charge is 0.407 e. The standard InChI is InChI=1S/C25H30ClN11O3/c1-25(2,39)13-31-18-12-36(6-5-16(18)33-24(38)40-4)19-8-14(9-27)7-17(20(19)26)32-23-34-21(29-3)22-30-11-15(10-28)37(22)35-23/h7-8,11,16,18,31,39H,5-6,12-13H2,1-4H3,(H,33,38)(H2,29,32,34,35)/t16-,18-/m1/s1. The molecule has 210 valence electrons. The summed E-state index contributed by atoms with van der Waals surface area (Å²) in [5, 5.41) is 46.4. The van der Waals surface area contributed by atoms with Gasteiger partial charge in [0.2, 0.25) is 5.95 Å². The van der Waals surface area contributed by atoms with Crippen LogP contribution in [0.25, 0.3) is 5.65 Å². The number of alkyl carbamates (subject to hydrolysis) is 1. The number of methoxy groups -OCH3 is 1. The summed E-state index contributed by atoms with van der Waals surface area (Å²) >= 11 is 6.88. The normalized spacial score (nSPS) is 17.1. The van der Waals surface area contributed by atoms with Gasteiger partial charge in [0.25, 0.3) is 0 Å². The van der Waals surface area contributed by atoms with E-state index in [1.807, 2.05) is 11.0 Å². The summed E-state index contributed by atoms with van der Waals surface area (Å²) in [5.74, 6) is 0.535. The Bertz CT molecular complexity index is 1490. The number of nitrogens with zero attached hydrogens (tertiary/aromatic N) is 7. The Morgan fingerprint density at radius 3 is 2.73 bits per heavy atom. The number of anilines is 4. The number of hydrogen-bond acceptors (Lipinski definition) is 12. The molecule has 2 aromatic heterocycles. The molecule has 14 nitrogen and oxygen atoms in total. The lowest BCUT2D eigenvalue weighted by molar-refractivity contribution is 0.0737. The van der Waals surface area contributed by atoms with Gasteiger partial charge in [-0.15, -0.1) is 5.10 Å². The van der Waals surface area contributed by atoms with Crippen molar-refractivity contribution in [2.45, 2.75) is 38.0 Å². The lowest BCUT2D eigenvalue weighted by Crippen LogP contribution is -2.61. The number of rotatable bonds is 8. The van der Waals surface area contributed by atoms with Crippen LogP contribution in [0, 0.1) is 22.7 Å². The molecule has 3 aromatic rings. The van der Waals surface area contributed by atoms with Crippen molar-refractivity contribution in [3.05, 3.63) is 34.6 Å². The highest BCUT2D eigenvalue weighted by molar-refractivity contribution is 6.36. The van der Waals surface area contributed by atoms with E-state index in [1.54, 1.807) is 33.0 Å². The second-order valence-electron chi connectivity index (χ2n) is 9.90. The number of imidazole rings is 1. The van der Waals surface area contributed by atoms with Crippen molar-refractivity contribution in [3.63, 3.8) is 0 Å². The molecule has 0 spiro atoms. The van der Waals surface area contributed by atoms with E-state index in [-0.39, 0.29) is 30.3 Å². The highest BCUT2D eigenvalue weighted by atomic mass is 35.5. The number of nitriles is 2. The SMILES string of the molecule is CNc1nc(Nc2cc(C#N)cc(N3CC[C@@H](NC(=O)OC)[C@H](NCC(C)(C)O)C3)c2Cl)nn2c(C#N)cnc12. The summed E-state index contributed by atoms with van der Waals surface area (Å²) in [6.45, 7) is 4.62. The molecular weight excluding hydrogens is 538 g/mol. The molecule has 40 heavy (non-hydrogen) atoms. The summed E-state index contributed by atoms with van der Waals surface area (Å²) in [5.41, 5.74) is 0.990. The van der Waals surface area contributed by atoms with E-state index in [2.05, 4.69) is 42.4 Å². The van der Waals surface area contributed by atoms with Crippen LogP contribution in [0.4, 0.5) is 27.9 Å². The van der Waals surface area contributed by atoms with E-state index in [4.69, 9.17) is 16.3 Å². The second-order valence-corrected chi connectivity index (χ2v) is 10.3. The molecule has 1 fully saturated rings. The number of nitrogens with one attached hydrogen (secondary N) is 4. The Labute approximate surface area is 235 Å². The summed E-state index contributed by atoms with van der Waals surface area (Å²) in [6, 6.07) is 6.98. The first-order valence-electron chi connectivity index (χ1n) is 12.5. The molecule has 1 aliphatic rings. The van der Waals surface area contributed by atoms with Gasteiger partial charge in [-0.25, -0.2) is 9.78 Å². The maximum Gasteiger partial charge on any atom is 0.407 e. The van der Waals surface area contributed by atoms with E-state index in [9.17, 15) is 20.4 Å². The molecule has 1 saturated heterocycles. The summed E-state index contributed by atoms with van der Waals surface area (Å²) in [7, 11) is 2.98. The van der Waals surface area contributed by atoms with E-state index >= 15 is 0 Å². The Kier molecular flexibility index (Phi) is 8.44. The first-order chi connectivity index (χ1) is 19.1. The van der Waals surface area contributed by atoms with Gasteiger partial charge in [0, 0.05) is 32.7 Å². The topological polar surface area (TPSA) is 189 Å². The van der Waals surface area contributed by atoms with E-state index in [1.165, 1.54) is 17.8 Å². The number of ether oxygens (including phenoxy) is 1. The van der Waals surface area contributed by atoms with Crippen LogP contribution < -0.4 is 26.2 Å². The van der Waals surface area contributed by atoms with Gasteiger partial charge in [-0.2, -0.15) is 20.0 Å². The maximum atomic E-state index is 12.0. The quantitative estimate of drug-likeness (QED) is 0.266. The van der Waals surface area contributed by atoms with Crippen LogP contribution in [0.2, 0.25) is 5.02 Å². The number of fused-ring (bicyclic) bond motifs is 1. The van der Waals surface area contributed by atoms with Gasteiger partial charge in [-0.3, -0.25) is 0 Å². The average Bonchev–Trinajstić information content (AvgIpc) is 3.35. The zero-order valence-corrected chi connectivity index (χ0v) is 23.2. The molecule has 0 saturated carbocycles. The van der Waals surface area contributed by atoms with Gasteiger partial charge in [0.1, 0.15) is 6.07 Å². The molecule has 0 unspecified atom stereocenters.